The molecule has 16 heavy (non-hydrogen) atoms. The Labute approximate surface area is 108 Å². The second-order valence-electron chi connectivity index (χ2n) is 3.79. The highest BCUT2D eigenvalue weighted by Gasteiger charge is 2.03. The lowest BCUT2D eigenvalue weighted by atomic mass is 10.2. The Balaban J connectivity index is 2.69. The molecule has 0 radical (unpaired) electrons. The van der Waals surface area contributed by atoms with Crippen molar-refractivity contribution < 1.29 is 0 Å². The fourth-order valence-corrected chi connectivity index (χ4v) is 2.41. The number of halogens is 1. The Hall–Kier alpha value is -1.10. The minimum atomic E-state index is 0.0666. The number of hydrogen-bond donors (Lipinski definition) is 0. The van der Waals surface area contributed by atoms with E-state index in [1.165, 1.54) is 3.57 Å². The SMILES string of the molecule is Cc1cc(=O)cc(C)n1-c1cccc(I)c1. The smallest absolute Gasteiger partial charge is 0.182 e. The molecule has 0 unspecified atom stereocenters. The van der Waals surface area contributed by atoms with Crippen LogP contribution in [-0.2, 0) is 0 Å². The number of pyridine rings is 1. The molecule has 0 fully saturated rings. The highest BCUT2D eigenvalue weighted by Crippen LogP contribution is 2.15. The van der Waals surface area contributed by atoms with Crippen LogP contribution in [-0.4, -0.2) is 4.57 Å². The first-order valence-corrected chi connectivity index (χ1v) is 6.12. The third kappa shape index (κ3) is 2.19. The summed E-state index contributed by atoms with van der Waals surface area (Å²) in [6.07, 6.45) is 0. The van der Waals surface area contributed by atoms with Gasteiger partial charge in [0.2, 0.25) is 0 Å². The van der Waals surface area contributed by atoms with Crippen LogP contribution < -0.4 is 5.43 Å². The minimum absolute atomic E-state index is 0.0666. The molecule has 0 saturated heterocycles. The van der Waals surface area contributed by atoms with E-state index in [0.717, 1.165) is 17.1 Å². The Morgan fingerprint density at radius 1 is 1.06 bits per heavy atom. The van der Waals surface area contributed by atoms with Crippen LogP contribution in [0.15, 0.2) is 41.2 Å². The van der Waals surface area contributed by atoms with E-state index in [0.29, 0.717) is 0 Å². The summed E-state index contributed by atoms with van der Waals surface area (Å²) >= 11 is 2.29. The zero-order valence-corrected chi connectivity index (χ0v) is 11.4. The normalized spacial score (nSPS) is 10.4. The lowest BCUT2D eigenvalue weighted by molar-refractivity contribution is 0.921. The van der Waals surface area contributed by atoms with Crippen molar-refractivity contribution in [2.45, 2.75) is 13.8 Å². The number of aryl methyl sites for hydroxylation is 2. The van der Waals surface area contributed by atoms with Gasteiger partial charge in [-0.05, 0) is 54.6 Å². The molecular weight excluding hydrogens is 313 g/mol. The predicted octanol–water partition coefficient (Wildman–Crippen LogP) is 3.06. The maximum absolute atomic E-state index is 11.3. The van der Waals surface area contributed by atoms with Crippen LogP contribution in [0.2, 0.25) is 0 Å². The predicted molar refractivity (Wildman–Crippen MR) is 74.2 cm³/mol. The number of benzene rings is 1. The van der Waals surface area contributed by atoms with Crippen molar-refractivity contribution in [1.82, 2.24) is 4.57 Å². The summed E-state index contributed by atoms with van der Waals surface area (Å²) in [6, 6.07) is 11.5. The van der Waals surface area contributed by atoms with Crippen molar-refractivity contribution in [3.05, 3.63) is 61.6 Å². The van der Waals surface area contributed by atoms with Gasteiger partial charge in [0.25, 0.3) is 0 Å². The van der Waals surface area contributed by atoms with E-state index in [1.54, 1.807) is 12.1 Å². The molecule has 3 heteroatoms. The van der Waals surface area contributed by atoms with Crippen LogP contribution in [0.25, 0.3) is 5.69 Å². The summed E-state index contributed by atoms with van der Waals surface area (Å²) in [5, 5.41) is 0. The number of hydrogen-bond acceptors (Lipinski definition) is 1. The first-order chi connectivity index (χ1) is 7.58. The van der Waals surface area contributed by atoms with Crippen molar-refractivity contribution in [3.8, 4) is 5.69 Å². The van der Waals surface area contributed by atoms with Crippen LogP contribution in [0, 0.1) is 17.4 Å². The Morgan fingerprint density at radius 3 is 2.25 bits per heavy atom. The molecule has 2 rings (SSSR count). The number of aromatic nitrogens is 1. The van der Waals surface area contributed by atoms with Crippen LogP contribution in [0.3, 0.4) is 0 Å². The molecule has 1 aromatic carbocycles. The summed E-state index contributed by atoms with van der Waals surface area (Å²) in [5.41, 5.74) is 3.10. The molecule has 0 aliphatic carbocycles. The van der Waals surface area contributed by atoms with E-state index >= 15 is 0 Å². The van der Waals surface area contributed by atoms with Gasteiger partial charge in [-0.1, -0.05) is 6.07 Å². The summed E-state index contributed by atoms with van der Waals surface area (Å²) in [6.45, 7) is 3.91. The fraction of sp³-hybridized carbons (Fsp3) is 0.154. The Kier molecular flexibility index (Phi) is 3.14. The zero-order valence-electron chi connectivity index (χ0n) is 9.20. The molecule has 2 nitrogen and oxygen atoms in total. The quantitative estimate of drug-likeness (QED) is 0.739. The lowest BCUT2D eigenvalue weighted by Gasteiger charge is -2.14. The molecule has 2 aromatic rings. The standard InChI is InChI=1S/C13H12INO/c1-9-6-13(16)7-10(2)15(9)12-5-3-4-11(14)8-12/h3-8H,1-2H3. The molecule has 1 heterocycles. The summed E-state index contributed by atoms with van der Waals surface area (Å²) in [4.78, 5) is 11.3. The molecule has 0 aliphatic rings. The van der Waals surface area contributed by atoms with E-state index < -0.39 is 0 Å². The Bertz CT molecular complexity index is 560. The van der Waals surface area contributed by atoms with Crippen LogP contribution >= 0.6 is 22.6 Å². The third-order valence-corrected chi connectivity index (χ3v) is 3.15. The average molecular weight is 325 g/mol. The van der Waals surface area contributed by atoms with Gasteiger partial charge in [-0.2, -0.15) is 0 Å². The second kappa shape index (κ2) is 4.41. The third-order valence-electron chi connectivity index (χ3n) is 2.47. The van der Waals surface area contributed by atoms with Crippen molar-refractivity contribution in [1.29, 1.82) is 0 Å². The molecular formula is C13H12INO. The van der Waals surface area contributed by atoms with E-state index in [2.05, 4.69) is 39.3 Å². The van der Waals surface area contributed by atoms with Gasteiger partial charge in [0.1, 0.15) is 0 Å². The maximum Gasteiger partial charge on any atom is 0.182 e. The van der Waals surface area contributed by atoms with Crippen molar-refractivity contribution >= 4 is 22.6 Å². The monoisotopic (exact) mass is 325 g/mol. The van der Waals surface area contributed by atoms with Crippen molar-refractivity contribution in [2.24, 2.45) is 0 Å². The van der Waals surface area contributed by atoms with Crippen molar-refractivity contribution in [3.63, 3.8) is 0 Å². The molecule has 0 N–H and O–H groups in total. The average Bonchev–Trinajstić information content (AvgIpc) is 2.15. The molecule has 0 saturated carbocycles. The number of nitrogens with zero attached hydrogens (tertiary/aromatic N) is 1. The molecule has 82 valence electrons. The molecule has 0 bridgehead atoms. The van der Waals surface area contributed by atoms with Gasteiger partial charge >= 0.3 is 0 Å². The maximum atomic E-state index is 11.3. The van der Waals surface area contributed by atoms with Gasteiger partial charge in [-0.3, -0.25) is 4.79 Å². The highest BCUT2D eigenvalue weighted by atomic mass is 127. The summed E-state index contributed by atoms with van der Waals surface area (Å²) in [5.74, 6) is 0. The Morgan fingerprint density at radius 2 is 1.69 bits per heavy atom. The van der Waals surface area contributed by atoms with E-state index in [1.807, 2.05) is 26.0 Å². The van der Waals surface area contributed by atoms with Gasteiger partial charge < -0.3 is 4.57 Å². The van der Waals surface area contributed by atoms with Crippen LogP contribution in [0.1, 0.15) is 11.4 Å². The largest absolute Gasteiger partial charge is 0.318 e. The molecule has 1 aromatic heterocycles. The topological polar surface area (TPSA) is 22.0 Å². The summed E-state index contributed by atoms with van der Waals surface area (Å²) < 4.78 is 3.27. The van der Waals surface area contributed by atoms with E-state index in [4.69, 9.17) is 0 Å². The second-order valence-corrected chi connectivity index (χ2v) is 5.03. The fourth-order valence-electron chi connectivity index (χ4n) is 1.88. The van der Waals surface area contributed by atoms with E-state index in [-0.39, 0.29) is 5.43 Å². The molecule has 0 amide bonds. The summed E-state index contributed by atoms with van der Waals surface area (Å²) in [7, 11) is 0. The molecule has 0 atom stereocenters. The highest BCUT2D eigenvalue weighted by molar-refractivity contribution is 14.1. The zero-order chi connectivity index (χ0) is 11.7. The van der Waals surface area contributed by atoms with Gasteiger partial charge in [0.05, 0.1) is 0 Å². The van der Waals surface area contributed by atoms with Crippen LogP contribution in [0.5, 0.6) is 0 Å². The van der Waals surface area contributed by atoms with Crippen molar-refractivity contribution in [2.75, 3.05) is 0 Å². The first-order valence-electron chi connectivity index (χ1n) is 5.04. The first kappa shape index (κ1) is 11.4. The van der Waals surface area contributed by atoms with E-state index in [9.17, 15) is 4.79 Å². The van der Waals surface area contributed by atoms with Gasteiger partial charge in [0.15, 0.2) is 5.43 Å². The minimum Gasteiger partial charge on any atom is -0.318 e. The van der Waals surface area contributed by atoms with Crippen LogP contribution in [0.4, 0.5) is 0 Å². The van der Waals surface area contributed by atoms with Gasteiger partial charge in [-0.25, -0.2) is 0 Å². The molecule has 0 spiro atoms. The lowest BCUT2D eigenvalue weighted by Crippen LogP contribution is -2.11. The molecule has 0 aliphatic heterocycles. The van der Waals surface area contributed by atoms with Gasteiger partial charge in [-0.15, -0.1) is 0 Å². The van der Waals surface area contributed by atoms with Gasteiger partial charge in [0, 0.05) is 32.8 Å². The number of rotatable bonds is 1.